The smallest absolute Gasteiger partial charge is 0.319 e. The van der Waals surface area contributed by atoms with Crippen LogP contribution in [-0.4, -0.2) is 35.4 Å². The molecule has 0 unspecified atom stereocenters. The number of carbonyl (C=O) groups excluding carboxylic acids is 1. The van der Waals surface area contributed by atoms with Gasteiger partial charge in [-0.25, -0.2) is 9.97 Å². The molecule has 1 saturated carbocycles. The van der Waals surface area contributed by atoms with E-state index in [1.807, 2.05) is 24.5 Å². The summed E-state index contributed by atoms with van der Waals surface area (Å²) in [5.41, 5.74) is 2.17. The second-order valence-electron chi connectivity index (χ2n) is 12.2. The van der Waals surface area contributed by atoms with Crippen molar-refractivity contribution in [1.82, 2.24) is 9.97 Å². The monoisotopic (exact) mass is 564 g/mol. The lowest BCUT2D eigenvalue weighted by Gasteiger charge is -2.28. The van der Waals surface area contributed by atoms with Gasteiger partial charge in [0.15, 0.2) is 12.1 Å². The summed E-state index contributed by atoms with van der Waals surface area (Å²) in [6.07, 6.45) is 24.5. The van der Waals surface area contributed by atoms with Crippen LogP contribution in [0.1, 0.15) is 128 Å². The Hall–Kier alpha value is -2.31. The molecule has 2 fully saturated rings. The topological polar surface area (TPSA) is 70.5 Å². The lowest BCUT2D eigenvalue weighted by atomic mass is 9.77. The van der Waals surface area contributed by atoms with Crippen LogP contribution in [0, 0.1) is 11.8 Å². The Morgan fingerprint density at radius 2 is 1.37 bits per heavy atom. The molecule has 1 aliphatic carbocycles. The molecular weight excluding hydrogens is 512 g/mol. The van der Waals surface area contributed by atoms with E-state index in [9.17, 15) is 4.79 Å². The van der Waals surface area contributed by atoms with Crippen LogP contribution >= 0.6 is 0 Å². The maximum absolute atomic E-state index is 12.6. The zero-order chi connectivity index (χ0) is 28.7. The molecule has 2 aliphatic rings. The first-order chi connectivity index (χ1) is 20.2. The molecule has 0 amide bonds. The molecule has 4 rings (SSSR count). The van der Waals surface area contributed by atoms with Crippen LogP contribution in [0.25, 0.3) is 11.4 Å². The summed E-state index contributed by atoms with van der Waals surface area (Å²) in [5.74, 6) is 1.97. The molecule has 1 aliphatic heterocycles. The van der Waals surface area contributed by atoms with E-state index >= 15 is 0 Å². The highest BCUT2D eigenvalue weighted by Crippen LogP contribution is 2.37. The highest BCUT2D eigenvalue weighted by atomic mass is 16.7. The lowest BCUT2D eigenvalue weighted by Crippen LogP contribution is -2.38. The predicted molar refractivity (Wildman–Crippen MR) is 164 cm³/mol. The largest absolute Gasteiger partial charge is 0.426 e. The number of esters is 1. The van der Waals surface area contributed by atoms with Gasteiger partial charge in [0.1, 0.15) is 11.7 Å². The van der Waals surface area contributed by atoms with Crippen molar-refractivity contribution in [3.05, 3.63) is 42.2 Å². The first kappa shape index (κ1) is 31.6. The van der Waals surface area contributed by atoms with E-state index in [-0.39, 0.29) is 12.3 Å². The number of rotatable bonds is 16. The predicted octanol–water partition coefficient (Wildman–Crippen LogP) is 9.03. The van der Waals surface area contributed by atoms with Gasteiger partial charge in [0, 0.05) is 18.0 Å². The Balaban J connectivity index is 1.16. The fourth-order valence-electron chi connectivity index (χ4n) is 6.15. The number of ether oxygens (including phenoxy) is 3. The van der Waals surface area contributed by atoms with Crippen molar-refractivity contribution in [3.8, 4) is 17.1 Å². The summed E-state index contributed by atoms with van der Waals surface area (Å²) >= 11 is 0. The number of benzene rings is 1. The molecule has 41 heavy (non-hydrogen) atoms. The van der Waals surface area contributed by atoms with Gasteiger partial charge < -0.3 is 14.2 Å². The van der Waals surface area contributed by atoms with Crippen molar-refractivity contribution >= 4 is 5.97 Å². The molecule has 1 aromatic heterocycles. The second kappa shape index (κ2) is 17.6. The summed E-state index contributed by atoms with van der Waals surface area (Å²) in [6, 6.07) is 7.42. The number of carbonyl (C=O) groups is 1. The number of nitrogens with zero attached hydrogens (tertiary/aromatic N) is 2. The van der Waals surface area contributed by atoms with Crippen LogP contribution in [0.4, 0.5) is 0 Å². The van der Waals surface area contributed by atoms with Gasteiger partial charge >= 0.3 is 5.97 Å². The Kier molecular flexibility index (Phi) is 13.6. The van der Waals surface area contributed by atoms with Gasteiger partial charge in [0.05, 0.1) is 13.2 Å². The van der Waals surface area contributed by atoms with Crippen molar-refractivity contribution in [3.63, 3.8) is 0 Å². The van der Waals surface area contributed by atoms with Gasteiger partial charge in [-0.1, -0.05) is 78.1 Å². The third kappa shape index (κ3) is 10.5. The molecule has 1 saturated heterocycles. The minimum Gasteiger partial charge on any atom is -0.426 e. The fraction of sp³-hybridized carbons (Fsp3) is 0.686. The molecule has 0 spiro atoms. The summed E-state index contributed by atoms with van der Waals surface area (Å²) in [7, 11) is 0. The van der Waals surface area contributed by atoms with E-state index in [2.05, 4.69) is 23.8 Å². The molecule has 2 aromatic rings. The van der Waals surface area contributed by atoms with Crippen molar-refractivity contribution in [2.75, 3.05) is 13.2 Å². The third-order valence-electron chi connectivity index (χ3n) is 8.88. The van der Waals surface area contributed by atoms with E-state index in [0.29, 0.717) is 30.7 Å². The highest BCUT2D eigenvalue weighted by molar-refractivity contribution is 5.75. The zero-order valence-corrected chi connectivity index (χ0v) is 25.5. The van der Waals surface area contributed by atoms with Crippen LogP contribution in [0.2, 0.25) is 0 Å². The summed E-state index contributed by atoms with van der Waals surface area (Å²) in [5, 5.41) is 0. The van der Waals surface area contributed by atoms with E-state index in [4.69, 9.17) is 14.2 Å². The number of hydrogen-bond donors (Lipinski definition) is 0. The maximum Gasteiger partial charge on any atom is 0.319 e. The van der Waals surface area contributed by atoms with Crippen LogP contribution < -0.4 is 4.74 Å². The van der Waals surface area contributed by atoms with Crippen molar-refractivity contribution < 1.29 is 19.0 Å². The molecule has 0 bridgehead atoms. The molecule has 6 nitrogen and oxygen atoms in total. The molecule has 226 valence electrons. The van der Waals surface area contributed by atoms with Crippen molar-refractivity contribution in [2.45, 2.75) is 129 Å². The second-order valence-corrected chi connectivity index (χ2v) is 12.2. The molecule has 0 N–H and O–H groups in total. The Morgan fingerprint density at radius 3 is 2.02 bits per heavy atom. The molecule has 6 heteroatoms. The van der Waals surface area contributed by atoms with Crippen LogP contribution in [0.3, 0.4) is 0 Å². The molecule has 0 radical (unpaired) electrons. The summed E-state index contributed by atoms with van der Waals surface area (Å²) in [4.78, 5) is 22.0. The number of aromatic nitrogens is 2. The molecule has 0 atom stereocenters. The molecule has 2 heterocycles. The summed E-state index contributed by atoms with van der Waals surface area (Å²) in [6.45, 7) is 5.14. The van der Waals surface area contributed by atoms with Crippen LogP contribution in [-0.2, 0) is 14.3 Å². The van der Waals surface area contributed by atoms with E-state index in [0.717, 1.165) is 30.7 Å². The lowest BCUT2D eigenvalue weighted by molar-refractivity contribution is -0.208. The van der Waals surface area contributed by atoms with E-state index in [1.54, 1.807) is 12.1 Å². The maximum atomic E-state index is 12.6. The van der Waals surface area contributed by atoms with Crippen LogP contribution in [0.5, 0.6) is 5.75 Å². The fourth-order valence-corrected chi connectivity index (χ4v) is 6.15. The van der Waals surface area contributed by atoms with Gasteiger partial charge in [-0.05, 0) is 80.2 Å². The number of unbranched alkanes of at least 4 members (excludes halogenated alkanes) is 8. The Labute approximate surface area is 248 Å². The Bertz CT molecular complexity index is 994. The average Bonchev–Trinajstić information content (AvgIpc) is 3.02. The SMILES string of the molecule is CCCCCCCCC[C@H]1CC[C@H](c2cnc(-c3ccc(OC(=O)[C@H]4CO[C@H](CCCCC)OC4)cc3)nc2)CC1. The Morgan fingerprint density at radius 1 is 0.780 bits per heavy atom. The normalized spacial score (nSPS) is 22.9. The van der Waals surface area contributed by atoms with Gasteiger partial charge in [0.2, 0.25) is 0 Å². The van der Waals surface area contributed by atoms with E-state index in [1.165, 1.54) is 89.0 Å². The summed E-state index contributed by atoms with van der Waals surface area (Å²) < 4.78 is 17.0. The van der Waals surface area contributed by atoms with E-state index < -0.39 is 5.92 Å². The van der Waals surface area contributed by atoms with Crippen molar-refractivity contribution in [2.24, 2.45) is 11.8 Å². The average molecular weight is 565 g/mol. The van der Waals surface area contributed by atoms with Gasteiger partial charge in [0.25, 0.3) is 0 Å². The minimum atomic E-state index is -0.400. The third-order valence-corrected chi connectivity index (χ3v) is 8.88. The number of hydrogen-bond acceptors (Lipinski definition) is 6. The van der Waals surface area contributed by atoms with Gasteiger partial charge in [-0.3, -0.25) is 4.79 Å². The van der Waals surface area contributed by atoms with Crippen LogP contribution in [0.15, 0.2) is 36.7 Å². The van der Waals surface area contributed by atoms with Gasteiger partial charge in [-0.2, -0.15) is 0 Å². The molecule has 1 aromatic carbocycles. The highest BCUT2D eigenvalue weighted by Gasteiger charge is 2.29. The quantitative estimate of drug-likeness (QED) is 0.115. The molecular formula is C35H52N2O4. The first-order valence-electron chi connectivity index (χ1n) is 16.5. The standard InChI is InChI=1S/C35H52N2O4/c1-3-5-7-8-9-10-12-13-27-15-17-28(18-16-27)30-23-36-34(37-24-30)29-19-21-32(22-20-29)41-35(38)31-25-39-33(40-26-31)14-11-6-4-2/h19-24,27-28,31,33H,3-18,25-26H2,1-2H3/t27-,28-,31-,33-. The first-order valence-corrected chi connectivity index (χ1v) is 16.5. The minimum absolute atomic E-state index is 0.203. The van der Waals surface area contributed by atoms with Crippen molar-refractivity contribution in [1.29, 1.82) is 0 Å². The van der Waals surface area contributed by atoms with Gasteiger partial charge in [-0.15, -0.1) is 0 Å². The zero-order valence-electron chi connectivity index (χ0n) is 25.5.